The third kappa shape index (κ3) is 5.61. The van der Waals surface area contributed by atoms with Crippen molar-refractivity contribution in [2.75, 3.05) is 20.8 Å². The van der Waals surface area contributed by atoms with E-state index >= 15 is 0 Å². The molecular formula is C26H26N4O6S. The van der Waals surface area contributed by atoms with Gasteiger partial charge in [0.15, 0.2) is 5.82 Å². The van der Waals surface area contributed by atoms with E-state index in [0.717, 1.165) is 28.4 Å². The second kappa shape index (κ2) is 11.2. The summed E-state index contributed by atoms with van der Waals surface area (Å²) in [7, 11) is 3.10. The topological polar surface area (TPSA) is 129 Å². The number of ether oxygens (including phenoxy) is 3. The van der Waals surface area contributed by atoms with Gasteiger partial charge in [-0.2, -0.15) is 0 Å². The van der Waals surface area contributed by atoms with Gasteiger partial charge in [-0.15, -0.1) is 5.10 Å². The van der Waals surface area contributed by atoms with Gasteiger partial charge >= 0.3 is 11.9 Å². The molecule has 10 nitrogen and oxygen atoms in total. The van der Waals surface area contributed by atoms with Gasteiger partial charge in [0.1, 0.15) is 22.9 Å². The Morgan fingerprint density at radius 1 is 1.14 bits per heavy atom. The van der Waals surface area contributed by atoms with Crippen molar-refractivity contribution in [3.8, 4) is 22.9 Å². The fraction of sp³-hybridized carbons (Fsp3) is 0.231. The van der Waals surface area contributed by atoms with Crippen molar-refractivity contribution in [2.45, 2.75) is 25.5 Å². The quantitative estimate of drug-likeness (QED) is 0.175. The molecule has 0 aliphatic rings. The van der Waals surface area contributed by atoms with Crippen LogP contribution in [0.1, 0.15) is 18.2 Å². The van der Waals surface area contributed by atoms with E-state index in [2.05, 4.69) is 15.2 Å². The first-order valence-electron chi connectivity index (χ1n) is 11.4. The Balaban J connectivity index is 1.69. The number of aromatic nitrogens is 4. The van der Waals surface area contributed by atoms with Crippen molar-refractivity contribution in [3.63, 3.8) is 0 Å². The lowest BCUT2D eigenvalue weighted by molar-refractivity contribution is -0.143. The summed E-state index contributed by atoms with van der Waals surface area (Å²) in [6.07, 6.45) is 1.58. The zero-order valence-corrected chi connectivity index (χ0v) is 21.6. The molecular weight excluding hydrogens is 496 g/mol. The van der Waals surface area contributed by atoms with E-state index in [-0.39, 0.29) is 29.2 Å². The first-order chi connectivity index (χ1) is 17.8. The third-order valence-electron chi connectivity index (χ3n) is 5.65. The number of fused-ring (bicyclic) bond motifs is 1. The molecule has 2 aromatic carbocycles. The van der Waals surface area contributed by atoms with Crippen LogP contribution < -0.4 is 9.47 Å². The molecule has 192 valence electrons. The number of esters is 1. The highest BCUT2D eigenvalue weighted by Crippen LogP contribution is 2.34. The first kappa shape index (κ1) is 25.8. The van der Waals surface area contributed by atoms with Crippen molar-refractivity contribution in [1.29, 1.82) is 0 Å². The molecule has 0 spiro atoms. The number of thioether (sulfide) groups is 1. The number of methoxy groups -OCH3 is 2. The predicted octanol–water partition coefficient (Wildman–Crippen LogP) is 4.53. The van der Waals surface area contributed by atoms with E-state index in [1.54, 1.807) is 45.4 Å². The van der Waals surface area contributed by atoms with Gasteiger partial charge in [-0.05, 0) is 49.9 Å². The second-order valence-electron chi connectivity index (χ2n) is 7.89. The van der Waals surface area contributed by atoms with Crippen LogP contribution in [0.5, 0.6) is 11.5 Å². The second-order valence-corrected chi connectivity index (χ2v) is 8.90. The number of nitrogens with zero attached hydrogens (tertiary/aromatic N) is 3. The van der Waals surface area contributed by atoms with Crippen LogP contribution in [-0.2, 0) is 20.9 Å². The molecule has 0 saturated carbocycles. The number of para-hydroxylation sites is 1. The number of aromatic amines is 1. The van der Waals surface area contributed by atoms with E-state index < -0.39 is 5.97 Å². The van der Waals surface area contributed by atoms with E-state index in [0.29, 0.717) is 28.5 Å². The maximum Gasteiger partial charge on any atom is 0.342 e. The number of carboxylic acids is 1. The molecule has 0 bridgehead atoms. The molecule has 0 aliphatic heterocycles. The van der Waals surface area contributed by atoms with Crippen LogP contribution >= 0.6 is 11.8 Å². The number of aliphatic carboxylic acids is 1. The highest BCUT2D eigenvalue weighted by molar-refractivity contribution is 8.04. The molecule has 0 aliphatic carbocycles. The molecule has 37 heavy (non-hydrogen) atoms. The van der Waals surface area contributed by atoms with Crippen LogP contribution in [0.4, 0.5) is 0 Å². The number of nitrogens with one attached hydrogen (secondary N) is 1. The van der Waals surface area contributed by atoms with E-state index in [1.165, 1.54) is 0 Å². The van der Waals surface area contributed by atoms with Crippen LogP contribution in [0.3, 0.4) is 0 Å². The first-order valence-corrected chi connectivity index (χ1v) is 12.2. The summed E-state index contributed by atoms with van der Waals surface area (Å²) in [5, 5.41) is 18.1. The highest BCUT2D eigenvalue weighted by atomic mass is 32.2. The number of hydrogen-bond donors (Lipinski definition) is 2. The average Bonchev–Trinajstić information content (AvgIpc) is 3.47. The number of hydrogen-bond acceptors (Lipinski definition) is 8. The summed E-state index contributed by atoms with van der Waals surface area (Å²) in [4.78, 5) is 28.9. The Bertz CT molecular complexity index is 1470. The standard InChI is InChI=1S/C26H26N4O6S/c1-5-36-23(31)14-30-15(2)20(19-8-6-7-9-21(19)30)13-22(25(32)33)37-26-27-24(28-29-26)16-10-17(34-3)12-18(11-16)35-4/h6-13H,5,14H2,1-4H3,(H,32,33)(H,27,28,29)/b22-13-. The molecule has 0 atom stereocenters. The zero-order valence-electron chi connectivity index (χ0n) is 20.8. The van der Waals surface area contributed by atoms with Gasteiger partial charge in [0.05, 0.1) is 20.8 Å². The number of H-pyrrole nitrogens is 1. The van der Waals surface area contributed by atoms with Crippen LogP contribution in [0.15, 0.2) is 52.5 Å². The monoisotopic (exact) mass is 522 g/mol. The smallest absolute Gasteiger partial charge is 0.342 e. The Kier molecular flexibility index (Phi) is 7.83. The Labute approximate surface area is 217 Å². The lowest BCUT2D eigenvalue weighted by Crippen LogP contribution is -2.14. The Morgan fingerprint density at radius 3 is 2.49 bits per heavy atom. The largest absolute Gasteiger partial charge is 0.497 e. The number of benzene rings is 2. The fourth-order valence-corrected chi connectivity index (χ4v) is 4.60. The summed E-state index contributed by atoms with van der Waals surface area (Å²) in [6.45, 7) is 3.90. The molecule has 4 rings (SSSR count). The summed E-state index contributed by atoms with van der Waals surface area (Å²) < 4.78 is 17.6. The van der Waals surface area contributed by atoms with Crippen LogP contribution in [0, 0.1) is 6.92 Å². The lowest BCUT2D eigenvalue weighted by Gasteiger charge is -2.08. The van der Waals surface area contributed by atoms with Crippen molar-refractivity contribution in [2.24, 2.45) is 0 Å². The Hall–Kier alpha value is -4.25. The maximum atomic E-state index is 12.2. The minimum absolute atomic E-state index is 0.0240. The van der Waals surface area contributed by atoms with Crippen LogP contribution in [-0.4, -0.2) is 57.6 Å². The van der Waals surface area contributed by atoms with E-state index in [4.69, 9.17) is 14.2 Å². The molecule has 11 heteroatoms. The average molecular weight is 523 g/mol. The summed E-state index contributed by atoms with van der Waals surface area (Å²) in [5.41, 5.74) is 2.92. The fourth-order valence-electron chi connectivity index (χ4n) is 3.91. The molecule has 0 unspecified atom stereocenters. The molecule has 0 amide bonds. The highest BCUT2D eigenvalue weighted by Gasteiger charge is 2.20. The minimum Gasteiger partial charge on any atom is -0.497 e. The van der Waals surface area contributed by atoms with Gasteiger partial charge in [-0.25, -0.2) is 9.78 Å². The van der Waals surface area contributed by atoms with E-state index in [9.17, 15) is 14.7 Å². The third-order valence-corrected chi connectivity index (χ3v) is 6.53. The summed E-state index contributed by atoms with van der Waals surface area (Å²) in [6, 6.07) is 12.8. The molecule has 4 aromatic rings. The summed E-state index contributed by atoms with van der Waals surface area (Å²) >= 11 is 0.920. The molecule has 2 N–H and O–H groups in total. The zero-order chi connectivity index (χ0) is 26.5. The van der Waals surface area contributed by atoms with Gasteiger partial charge in [-0.1, -0.05) is 18.2 Å². The van der Waals surface area contributed by atoms with Gasteiger partial charge in [0.2, 0.25) is 5.16 Å². The van der Waals surface area contributed by atoms with Crippen molar-refractivity contribution in [1.82, 2.24) is 19.7 Å². The maximum absolute atomic E-state index is 12.2. The minimum atomic E-state index is -1.12. The number of carboxylic acid groups (broad SMARTS) is 1. The van der Waals surface area contributed by atoms with Crippen LogP contribution in [0.25, 0.3) is 28.4 Å². The van der Waals surface area contributed by atoms with E-state index in [1.807, 2.05) is 35.8 Å². The number of rotatable bonds is 10. The number of carbonyl (C=O) groups is 2. The van der Waals surface area contributed by atoms with Gasteiger partial charge in [-0.3, -0.25) is 9.89 Å². The lowest BCUT2D eigenvalue weighted by atomic mass is 10.1. The van der Waals surface area contributed by atoms with Crippen molar-refractivity contribution in [3.05, 3.63) is 58.6 Å². The molecule has 0 saturated heterocycles. The SMILES string of the molecule is CCOC(=O)Cn1c(C)c(/C=C(\Sc2n[nH]c(-c3cc(OC)cc(OC)c3)n2)C(=O)O)c2ccccc21. The van der Waals surface area contributed by atoms with Gasteiger partial charge < -0.3 is 23.9 Å². The molecule has 0 fully saturated rings. The van der Waals surface area contributed by atoms with Crippen LogP contribution in [0.2, 0.25) is 0 Å². The molecule has 2 aromatic heterocycles. The Morgan fingerprint density at radius 2 is 1.84 bits per heavy atom. The summed E-state index contributed by atoms with van der Waals surface area (Å²) in [5.74, 6) is 0.117. The normalized spacial score (nSPS) is 11.5. The van der Waals surface area contributed by atoms with Crippen molar-refractivity contribution < 1.29 is 28.9 Å². The molecule has 2 heterocycles. The van der Waals surface area contributed by atoms with Gasteiger partial charge in [0, 0.05) is 33.8 Å². The number of carbonyl (C=O) groups excluding carboxylic acids is 1. The van der Waals surface area contributed by atoms with Gasteiger partial charge in [0.25, 0.3) is 0 Å². The predicted molar refractivity (Wildman–Crippen MR) is 140 cm³/mol. The molecule has 0 radical (unpaired) electrons. The van der Waals surface area contributed by atoms with Crippen molar-refractivity contribution >= 4 is 40.7 Å².